The normalized spacial score (nSPS) is 22.1. The number of benzene rings is 1. The predicted molar refractivity (Wildman–Crippen MR) is 115 cm³/mol. The Labute approximate surface area is 176 Å². The number of ether oxygens (including phenoxy) is 1. The van der Waals surface area contributed by atoms with Crippen LogP contribution in [0.1, 0.15) is 51.3 Å². The summed E-state index contributed by atoms with van der Waals surface area (Å²) in [6, 6.07) is 3.81. The summed E-state index contributed by atoms with van der Waals surface area (Å²) in [6.45, 7) is 10.3. The number of nitrogens with zero attached hydrogens (tertiary/aromatic N) is 4. The van der Waals surface area contributed by atoms with Crippen LogP contribution in [-0.2, 0) is 11.8 Å². The molecule has 0 saturated carbocycles. The first kappa shape index (κ1) is 20.7. The molecule has 2 aliphatic rings. The Hall–Kier alpha value is -2.61. The standard InChI is InChI=1S/C22H30N4O4/c1-12-7-16(13(2)27)18-17(8-12)19(28)24(6)20(23-18)25-10-15-9-14(25)11-26(15)21(29)30-22(3,4)5/h7-8,13-15,27H,9-11H2,1-6H3. The lowest BCUT2D eigenvalue weighted by Gasteiger charge is -2.36. The molecule has 2 aliphatic heterocycles. The van der Waals surface area contributed by atoms with Crippen LogP contribution in [0.15, 0.2) is 16.9 Å². The van der Waals surface area contributed by atoms with Crippen LogP contribution in [0.4, 0.5) is 10.7 Å². The Balaban J connectivity index is 1.68. The van der Waals surface area contributed by atoms with E-state index in [4.69, 9.17) is 9.72 Å². The van der Waals surface area contributed by atoms with E-state index < -0.39 is 11.7 Å². The van der Waals surface area contributed by atoms with Gasteiger partial charge in [-0.2, -0.15) is 0 Å². The van der Waals surface area contributed by atoms with Gasteiger partial charge < -0.3 is 19.6 Å². The summed E-state index contributed by atoms with van der Waals surface area (Å²) in [5.74, 6) is 0.578. The van der Waals surface area contributed by atoms with Gasteiger partial charge in [0.05, 0.1) is 29.1 Å². The van der Waals surface area contributed by atoms with Crippen LogP contribution in [0.25, 0.3) is 10.9 Å². The van der Waals surface area contributed by atoms with E-state index in [9.17, 15) is 14.7 Å². The summed E-state index contributed by atoms with van der Waals surface area (Å²) < 4.78 is 7.11. The maximum Gasteiger partial charge on any atom is 0.410 e. The number of amides is 1. The van der Waals surface area contributed by atoms with E-state index in [1.165, 1.54) is 0 Å². The number of aliphatic hydroxyl groups excluding tert-OH is 1. The molecule has 8 nitrogen and oxygen atoms in total. The fourth-order valence-electron chi connectivity index (χ4n) is 4.57. The van der Waals surface area contributed by atoms with Crippen molar-refractivity contribution in [1.29, 1.82) is 0 Å². The molecule has 8 heteroatoms. The maximum atomic E-state index is 13.1. The molecule has 2 saturated heterocycles. The fraction of sp³-hybridized carbons (Fsp3) is 0.591. The monoisotopic (exact) mass is 414 g/mol. The van der Waals surface area contributed by atoms with Crippen LogP contribution >= 0.6 is 0 Å². The molecular weight excluding hydrogens is 384 g/mol. The molecule has 1 N–H and O–H groups in total. The second-order valence-electron chi connectivity index (χ2n) is 9.53. The number of carbonyl (C=O) groups is 1. The van der Waals surface area contributed by atoms with E-state index in [-0.39, 0.29) is 23.7 Å². The zero-order valence-corrected chi connectivity index (χ0v) is 18.5. The van der Waals surface area contributed by atoms with Gasteiger partial charge in [0, 0.05) is 25.7 Å². The number of piperazine rings is 1. The molecule has 30 heavy (non-hydrogen) atoms. The molecule has 0 aliphatic carbocycles. The Kier molecular flexibility index (Phi) is 4.80. The van der Waals surface area contributed by atoms with Crippen molar-refractivity contribution in [3.05, 3.63) is 33.6 Å². The topological polar surface area (TPSA) is 87.9 Å². The highest BCUT2D eigenvalue weighted by atomic mass is 16.6. The van der Waals surface area contributed by atoms with Crippen molar-refractivity contribution < 1.29 is 14.6 Å². The largest absolute Gasteiger partial charge is 0.444 e. The summed E-state index contributed by atoms with van der Waals surface area (Å²) >= 11 is 0. The molecule has 1 aromatic heterocycles. The number of hydrogen-bond donors (Lipinski definition) is 1. The predicted octanol–water partition coefficient (Wildman–Crippen LogP) is 2.49. The van der Waals surface area contributed by atoms with Gasteiger partial charge in [0.1, 0.15) is 5.60 Å². The average Bonchev–Trinajstić information content (AvgIpc) is 3.23. The third-order valence-corrected chi connectivity index (χ3v) is 5.91. The van der Waals surface area contributed by atoms with Crippen molar-refractivity contribution in [2.75, 3.05) is 18.0 Å². The van der Waals surface area contributed by atoms with E-state index >= 15 is 0 Å². The van der Waals surface area contributed by atoms with Gasteiger partial charge in [-0.3, -0.25) is 9.36 Å². The first-order valence-corrected chi connectivity index (χ1v) is 10.4. The van der Waals surface area contributed by atoms with Crippen LogP contribution in [0.2, 0.25) is 0 Å². The molecule has 3 heterocycles. The number of aliphatic hydroxyl groups is 1. The molecule has 1 aromatic carbocycles. The Morgan fingerprint density at radius 1 is 1.27 bits per heavy atom. The van der Waals surface area contributed by atoms with E-state index in [2.05, 4.69) is 4.90 Å². The molecule has 162 valence electrons. The number of rotatable bonds is 2. The lowest BCUT2D eigenvalue weighted by atomic mass is 10.0. The second-order valence-corrected chi connectivity index (χ2v) is 9.53. The van der Waals surface area contributed by atoms with Gasteiger partial charge in [0.25, 0.3) is 5.56 Å². The molecule has 4 rings (SSSR count). The van der Waals surface area contributed by atoms with Gasteiger partial charge in [-0.15, -0.1) is 0 Å². The van der Waals surface area contributed by atoms with Gasteiger partial charge in [-0.25, -0.2) is 9.78 Å². The molecule has 2 bridgehead atoms. The molecule has 1 amide bonds. The van der Waals surface area contributed by atoms with Crippen LogP contribution < -0.4 is 10.5 Å². The highest BCUT2D eigenvalue weighted by Gasteiger charge is 2.47. The van der Waals surface area contributed by atoms with Gasteiger partial charge in [0.15, 0.2) is 0 Å². The summed E-state index contributed by atoms with van der Waals surface area (Å²) in [7, 11) is 1.73. The van der Waals surface area contributed by atoms with Crippen molar-refractivity contribution >= 4 is 22.9 Å². The smallest absolute Gasteiger partial charge is 0.410 e. The van der Waals surface area contributed by atoms with E-state index in [0.717, 1.165) is 12.0 Å². The fourth-order valence-corrected chi connectivity index (χ4v) is 4.57. The Morgan fingerprint density at radius 2 is 1.97 bits per heavy atom. The minimum atomic E-state index is -0.724. The SMILES string of the molecule is Cc1cc(C(C)O)c2nc(N3CC4CC3CN4C(=O)OC(C)(C)C)n(C)c(=O)c2c1. The second kappa shape index (κ2) is 6.97. The quantitative estimate of drug-likeness (QED) is 0.812. The minimum absolute atomic E-state index is 0.0340. The van der Waals surface area contributed by atoms with Gasteiger partial charge in [0.2, 0.25) is 5.95 Å². The average molecular weight is 415 g/mol. The number of fused-ring (bicyclic) bond motifs is 3. The number of likely N-dealkylation sites (tertiary alicyclic amines) is 1. The summed E-state index contributed by atoms with van der Waals surface area (Å²) in [5.41, 5.74) is 1.45. The number of aromatic nitrogens is 2. The zero-order valence-electron chi connectivity index (χ0n) is 18.5. The summed E-state index contributed by atoms with van der Waals surface area (Å²) in [5, 5.41) is 10.7. The first-order valence-electron chi connectivity index (χ1n) is 10.4. The van der Waals surface area contributed by atoms with Crippen molar-refractivity contribution in [3.8, 4) is 0 Å². The first-order chi connectivity index (χ1) is 14.0. The Bertz CT molecular complexity index is 1070. The van der Waals surface area contributed by atoms with Crippen molar-refractivity contribution in [3.63, 3.8) is 0 Å². The number of anilines is 1. The third kappa shape index (κ3) is 3.43. The van der Waals surface area contributed by atoms with Crippen molar-refractivity contribution in [1.82, 2.24) is 14.5 Å². The summed E-state index contributed by atoms with van der Waals surface area (Å²) in [4.78, 5) is 34.3. The highest BCUT2D eigenvalue weighted by Crippen LogP contribution is 2.35. The van der Waals surface area contributed by atoms with Crippen LogP contribution in [0.3, 0.4) is 0 Å². The number of hydrogen-bond acceptors (Lipinski definition) is 6. The molecule has 3 atom stereocenters. The molecule has 0 radical (unpaired) electrons. The lowest BCUT2D eigenvalue weighted by molar-refractivity contribution is 0.0214. The zero-order chi connectivity index (χ0) is 22.0. The molecule has 0 spiro atoms. The van der Waals surface area contributed by atoms with E-state index in [1.54, 1.807) is 23.4 Å². The van der Waals surface area contributed by atoms with Crippen LogP contribution in [0, 0.1) is 6.92 Å². The van der Waals surface area contributed by atoms with Gasteiger partial charge >= 0.3 is 6.09 Å². The highest BCUT2D eigenvalue weighted by molar-refractivity contribution is 5.83. The number of carbonyl (C=O) groups excluding carboxylic acids is 1. The minimum Gasteiger partial charge on any atom is -0.444 e. The van der Waals surface area contributed by atoms with E-state index in [0.29, 0.717) is 35.5 Å². The Morgan fingerprint density at radius 3 is 2.53 bits per heavy atom. The molecule has 2 aromatic rings. The number of aryl methyl sites for hydroxylation is 1. The van der Waals surface area contributed by atoms with Crippen molar-refractivity contribution in [2.24, 2.45) is 7.05 Å². The van der Waals surface area contributed by atoms with Gasteiger partial charge in [-0.1, -0.05) is 6.07 Å². The van der Waals surface area contributed by atoms with Gasteiger partial charge in [-0.05, 0) is 52.7 Å². The van der Waals surface area contributed by atoms with Crippen LogP contribution in [-0.4, -0.2) is 56.4 Å². The lowest BCUT2D eigenvalue weighted by Crippen LogP contribution is -2.51. The summed E-state index contributed by atoms with van der Waals surface area (Å²) in [6.07, 6.45) is -0.191. The third-order valence-electron chi connectivity index (χ3n) is 5.91. The molecule has 2 fully saturated rings. The molecule has 3 unspecified atom stereocenters. The van der Waals surface area contributed by atoms with Crippen LogP contribution in [0.5, 0.6) is 0 Å². The van der Waals surface area contributed by atoms with Crippen molar-refractivity contribution in [2.45, 2.75) is 64.8 Å². The van der Waals surface area contributed by atoms with E-state index in [1.807, 2.05) is 39.8 Å². The molecular formula is C22H30N4O4. The maximum absolute atomic E-state index is 13.1.